The molecule has 0 saturated heterocycles. The maximum Gasteiger partial charge on any atom is 0.246 e. The van der Waals surface area contributed by atoms with Gasteiger partial charge in [0.25, 0.3) is 0 Å². The van der Waals surface area contributed by atoms with Gasteiger partial charge in [-0.3, -0.25) is 4.68 Å². The van der Waals surface area contributed by atoms with Crippen LogP contribution >= 0.6 is 23.2 Å². The second-order valence-electron chi connectivity index (χ2n) is 5.88. The number of aryl methyl sites for hydroxylation is 2. The fourth-order valence-corrected chi connectivity index (χ4v) is 5.30. The van der Waals surface area contributed by atoms with Gasteiger partial charge < -0.3 is 0 Å². The van der Waals surface area contributed by atoms with Crippen LogP contribution in [-0.4, -0.2) is 18.2 Å². The van der Waals surface area contributed by atoms with Crippen molar-refractivity contribution in [2.45, 2.75) is 36.6 Å². The van der Waals surface area contributed by atoms with E-state index in [4.69, 9.17) is 23.2 Å². The van der Waals surface area contributed by atoms with Crippen molar-refractivity contribution in [1.82, 2.24) is 14.5 Å². The van der Waals surface area contributed by atoms with E-state index < -0.39 is 15.6 Å². The van der Waals surface area contributed by atoms with Crippen molar-refractivity contribution < 1.29 is 8.42 Å². The summed E-state index contributed by atoms with van der Waals surface area (Å²) >= 11 is 12.0. The van der Waals surface area contributed by atoms with Gasteiger partial charge in [0.2, 0.25) is 10.0 Å². The molecule has 1 heterocycles. The van der Waals surface area contributed by atoms with Crippen molar-refractivity contribution in [2.75, 3.05) is 0 Å². The first-order chi connectivity index (χ1) is 10.8. The lowest BCUT2D eigenvalue weighted by Crippen LogP contribution is -2.50. The molecule has 1 saturated carbocycles. The predicted octanol–water partition coefficient (Wildman–Crippen LogP) is 3.39. The summed E-state index contributed by atoms with van der Waals surface area (Å²) in [4.78, 5) is 0.0434. The Morgan fingerprint density at radius 2 is 1.83 bits per heavy atom. The fraction of sp³-hybridized carbons (Fsp3) is 0.400. The minimum absolute atomic E-state index is 0.0434. The Hall–Kier alpha value is -1.08. The van der Waals surface area contributed by atoms with E-state index in [1.165, 1.54) is 4.68 Å². The first-order valence-corrected chi connectivity index (χ1v) is 9.48. The first-order valence-electron chi connectivity index (χ1n) is 7.24. The quantitative estimate of drug-likeness (QED) is 0.892. The Kier molecular flexibility index (Phi) is 4.21. The SMILES string of the molecule is Cc1nn(C)c(Cl)c1S(=O)(=O)NC1(c2ccc(Cl)cc2)CCC1. The van der Waals surface area contributed by atoms with E-state index in [1.807, 2.05) is 12.1 Å². The number of hydrogen-bond acceptors (Lipinski definition) is 3. The molecule has 0 amide bonds. The van der Waals surface area contributed by atoms with Crippen LogP contribution in [0.3, 0.4) is 0 Å². The lowest BCUT2D eigenvalue weighted by Gasteiger charge is -2.42. The summed E-state index contributed by atoms with van der Waals surface area (Å²) in [6.45, 7) is 1.64. The van der Waals surface area contributed by atoms with Gasteiger partial charge in [0.15, 0.2) is 0 Å². The molecule has 1 fully saturated rings. The molecule has 0 spiro atoms. The Balaban J connectivity index is 2.00. The van der Waals surface area contributed by atoms with Gasteiger partial charge in [0.1, 0.15) is 10.0 Å². The zero-order valence-electron chi connectivity index (χ0n) is 12.8. The third-order valence-corrected chi connectivity index (χ3v) is 6.79. The van der Waals surface area contributed by atoms with Crippen LogP contribution in [0.15, 0.2) is 29.2 Å². The Bertz CT molecular complexity index is 840. The molecule has 8 heteroatoms. The van der Waals surface area contributed by atoms with Crippen LogP contribution in [0.4, 0.5) is 0 Å². The monoisotopic (exact) mass is 373 g/mol. The molecule has 0 unspecified atom stereocenters. The highest BCUT2D eigenvalue weighted by molar-refractivity contribution is 7.89. The maximum atomic E-state index is 12.9. The summed E-state index contributed by atoms with van der Waals surface area (Å²) in [5.41, 5.74) is 0.694. The molecule has 0 atom stereocenters. The standard InChI is InChI=1S/C15H17Cl2N3O2S/c1-10-13(14(17)20(2)18-10)23(21,22)19-15(8-3-9-15)11-4-6-12(16)7-5-11/h4-7,19H,3,8-9H2,1-2H3. The van der Waals surface area contributed by atoms with Crippen LogP contribution < -0.4 is 4.72 Å². The van der Waals surface area contributed by atoms with E-state index in [1.54, 1.807) is 26.1 Å². The first kappa shape index (κ1) is 16.8. The number of halogens is 2. The number of benzene rings is 1. The van der Waals surface area contributed by atoms with Gasteiger partial charge in [0, 0.05) is 12.1 Å². The summed E-state index contributed by atoms with van der Waals surface area (Å²) in [6.07, 6.45) is 2.44. The number of aromatic nitrogens is 2. The molecule has 1 aromatic heterocycles. The molecule has 3 rings (SSSR count). The second kappa shape index (κ2) is 5.77. The molecule has 124 valence electrons. The Morgan fingerprint density at radius 3 is 2.26 bits per heavy atom. The minimum Gasteiger partial charge on any atom is -0.255 e. The second-order valence-corrected chi connectivity index (χ2v) is 8.29. The third kappa shape index (κ3) is 2.89. The summed E-state index contributed by atoms with van der Waals surface area (Å²) in [6, 6.07) is 7.27. The number of hydrogen-bond donors (Lipinski definition) is 1. The van der Waals surface area contributed by atoms with E-state index in [2.05, 4.69) is 9.82 Å². The van der Waals surface area contributed by atoms with Crippen LogP contribution in [0, 0.1) is 6.92 Å². The smallest absolute Gasteiger partial charge is 0.246 e. The van der Waals surface area contributed by atoms with Gasteiger partial charge in [-0.25, -0.2) is 13.1 Å². The van der Waals surface area contributed by atoms with Crippen LogP contribution in [0.25, 0.3) is 0 Å². The van der Waals surface area contributed by atoms with E-state index in [0.717, 1.165) is 24.8 Å². The maximum absolute atomic E-state index is 12.9. The number of sulfonamides is 1. The number of rotatable bonds is 4. The highest BCUT2D eigenvalue weighted by Gasteiger charge is 2.43. The molecule has 0 radical (unpaired) electrons. The number of nitrogens with one attached hydrogen (secondary N) is 1. The van der Waals surface area contributed by atoms with Crippen molar-refractivity contribution in [3.63, 3.8) is 0 Å². The van der Waals surface area contributed by atoms with Crippen LogP contribution in [0.2, 0.25) is 10.2 Å². The van der Waals surface area contributed by atoms with Crippen molar-refractivity contribution in [2.24, 2.45) is 7.05 Å². The Labute approximate surface area is 145 Å². The van der Waals surface area contributed by atoms with Crippen molar-refractivity contribution in [1.29, 1.82) is 0 Å². The predicted molar refractivity (Wildman–Crippen MR) is 90.3 cm³/mol. The molecule has 1 N–H and O–H groups in total. The summed E-state index contributed by atoms with van der Waals surface area (Å²) < 4.78 is 29.9. The van der Waals surface area contributed by atoms with E-state index in [0.29, 0.717) is 10.7 Å². The van der Waals surface area contributed by atoms with Gasteiger partial charge in [-0.1, -0.05) is 35.3 Å². The average molecular weight is 374 g/mol. The molecule has 0 bridgehead atoms. The van der Waals surface area contributed by atoms with Crippen LogP contribution in [0.1, 0.15) is 30.5 Å². The molecular formula is C15H17Cl2N3O2S. The van der Waals surface area contributed by atoms with Gasteiger partial charge in [-0.15, -0.1) is 0 Å². The minimum atomic E-state index is -3.78. The highest BCUT2D eigenvalue weighted by Crippen LogP contribution is 2.43. The zero-order valence-corrected chi connectivity index (χ0v) is 15.1. The van der Waals surface area contributed by atoms with Gasteiger partial charge >= 0.3 is 0 Å². The molecule has 23 heavy (non-hydrogen) atoms. The Morgan fingerprint density at radius 1 is 1.22 bits per heavy atom. The molecule has 1 aliphatic rings. The van der Waals surface area contributed by atoms with Gasteiger partial charge in [-0.05, 0) is 43.9 Å². The van der Waals surface area contributed by atoms with Gasteiger partial charge in [-0.2, -0.15) is 5.10 Å². The number of nitrogens with zero attached hydrogens (tertiary/aromatic N) is 2. The fourth-order valence-electron chi connectivity index (χ4n) is 2.97. The molecule has 1 aliphatic carbocycles. The largest absolute Gasteiger partial charge is 0.255 e. The molecule has 2 aromatic rings. The zero-order chi connectivity index (χ0) is 16.8. The normalized spacial score (nSPS) is 17.0. The highest BCUT2D eigenvalue weighted by atomic mass is 35.5. The topological polar surface area (TPSA) is 64.0 Å². The summed E-state index contributed by atoms with van der Waals surface area (Å²) in [5.74, 6) is 0. The lowest BCUT2D eigenvalue weighted by atomic mass is 9.73. The van der Waals surface area contributed by atoms with E-state index >= 15 is 0 Å². The third-order valence-electron chi connectivity index (χ3n) is 4.30. The summed E-state index contributed by atoms with van der Waals surface area (Å²) in [7, 11) is -2.16. The summed E-state index contributed by atoms with van der Waals surface area (Å²) in [5, 5.41) is 4.82. The molecule has 5 nitrogen and oxygen atoms in total. The molecule has 0 aliphatic heterocycles. The van der Waals surface area contributed by atoms with Crippen molar-refractivity contribution in [3.8, 4) is 0 Å². The van der Waals surface area contributed by atoms with Gasteiger partial charge in [0.05, 0.1) is 11.2 Å². The van der Waals surface area contributed by atoms with Crippen molar-refractivity contribution >= 4 is 33.2 Å². The van der Waals surface area contributed by atoms with E-state index in [-0.39, 0.29) is 10.0 Å². The van der Waals surface area contributed by atoms with Crippen molar-refractivity contribution in [3.05, 3.63) is 45.7 Å². The van der Waals surface area contributed by atoms with Crippen LogP contribution in [-0.2, 0) is 22.6 Å². The average Bonchev–Trinajstić information content (AvgIpc) is 2.69. The van der Waals surface area contributed by atoms with Crippen LogP contribution in [0.5, 0.6) is 0 Å². The molecule has 1 aromatic carbocycles. The lowest BCUT2D eigenvalue weighted by molar-refractivity contribution is 0.224. The molecular weight excluding hydrogens is 357 g/mol. The van der Waals surface area contributed by atoms with E-state index in [9.17, 15) is 8.42 Å².